The highest BCUT2D eigenvalue weighted by Gasteiger charge is 2.11. The van der Waals surface area contributed by atoms with Gasteiger partial charge in [-0.15, -0.1) is 0 Å². The van der Waals surface area contributed by atoms with Gasteiger partial charge in [-0.3, -0.25) is 4.79 Å². The second kappa shape index (κ2) is 6.90. The summed E-state index contributed by atoms with van der Waals surface area (Å²) in [5, 5.41) is 2.98. The highest BCUT2D eigenvalue weighted by molar-refractivity contribution is 5.94. The number of carbonyl (C=O) groups is 1. The molecule has 0 saturated heterocycles. The van der Waals surface area contributed by atoms with Crippen LogP contribution in [0.2, 0.25) is 0 Å². The van der Waals surface area contributed by atoms with Crippen LogP contribution in [-0.4, -0.2) is 13.0 Å². The molecule has 2 rings (SSSR count). The van der Waals surface area contributed by atoms with Crippen LogP contribution in [0.25, 0.3) is 0 Å². The van der Waals surface area contributed by atoms with E-state index in [4.69, 9.17) is 10.5 Å². The van der Waals surface area contributed by atoms with Crippen molar-refractivity contribution in [1.29, 1.82) is 0 Å². The van der Waals surface area contributed by atoms with Crippen molar-refractivity contribution in [2.75, 3.05) is 7.11 Å². The van der Waals surface area contributed by atoms with E-state index in [1.54, 1.807) is 19.2 Å². The number of rotatable bonds is 5. The van der Waals surface area contributed by atoms with Gasteiger partial charge in [-0.25, -0.2) is 0 Å². The van der Waals surface area contributed by atoms with E-state index in [9.17, 15) is 4.79 Å². The molecular weight excluding hydrogens is 264 g/mol. The molecule has 2 aromatic rings. The first kappa shape index (κ1) is 15.1. The number of nitrogens with one attached hydrogen (secondary N) is 1. The third kappa shape index (κ3) is 3.83. The molecule has 21 heavy (non-hydrogen) atoms. The molecule has 0 radical (unpaired) electrons. The second-order valence-corrected chi connectivity index (χ2v) is 4.87. The summed E-state index contributed by atoms with van der Waals surface area (Å²) in [5.74, 6) is 0.705. The van der Waals surface area contributed by atoms with Crippen LogP contribution in [0.15, 0.2) is 48.5 Å². The maximum absolute atomic E-state index is 12.2. The Morgan fingerprint density at radius 1 is 1.14 bits per heavy atom. The van der Waals surface area contributed by atoms with Crippen LogP contribution >= 0.6 is 0 Å². The fourth-order valence-electron chi connectivity index (χ4n) is 2.05. The van der Waals surface area contributed by atoms with Crippen molar-refractivity contribution < 1.29 is 9.53 Å². The summed E-state index contributed by atoms with van der Waals surface area (Å²) in [7, 11) is 1.63. The lowest BCUT2D eigenvalue weighted by Gasteiger charge is -2.15. The van der Waals surface area contributed by atoms with Crippen molar-refractivity contribution in [1.82, 2.24) is 5.32 Å². The summed E-state index contributed by atoms with van der Waals surface area (Å²) in [6.07, 6.45) is 0. The molecule has 4 heteroatoms. The zero-order valence-corrected chi connectivity index (χ0v) is 12.3. The normalized spacial score (nSPS) is 11.8. The number of nitrogens with two attached hydrogens (primary N) is 1. The zero-order chi connectivity index (χ0) is 15.2. The summed E-state index contributed by atoms with van der Waals surface area (Å²) >= 11 is 0. The molecule has 1 atom stereocenters. The van der Waals surface area contributed by atoms with Gasteiger partial charge in [-0.1, -0.05) is 24.3 Å². The monoisotopic (exact) mass is 284 g/mol. The SMILES string of the molecule is COc1ccc(C(C)NC(=O)c2ccc(CN)cc2)cc1. The van der Waals surface area contributed by atoms with Gasteiger partial charge in [-0.2, -0.15) is 0 Å². The fraction of sp³-hybridized carbons (Fsp3) is 0.235. The molecule has 2 aromatic carbocycles. The summed E-state index contributed by atoms with van der Waals surface area (Å²) in [6, 6.07) is 14.9. The van der Waals surface area contributed by atoms with Gasteiger partial charge < -0.3 is 15.8 Å². The predicted molar refractivity (Wildman–Crippen MR) is 83.2 cm³/mol. The predicted octanol–water partition coefficient (Wildman–Crippen LogP) is 2.64. The van der Waals surface area contributed by atoms with Gasteiger partial charge in [0.1, 0.15) is 5.75 Å². The molecule has 0 aliphatic carbocycles. The lowest BCUT2D eigenvalue weighted by atomic mass is 10.1. The van der Waals surface area contributed by atoms with Crippen LogP contribution in [0.1, 0.15) is 34.5 Å². The van der Waals surface area contributed by atoms with Crippen molar-refractivity contribution in [3.8, 4) is 5.75 Å². The Morgan fingerprint density at radius 2 is 1.76 bits per heavy atom. The van der Waals surface area contributed by atoms with E-state index in [2.05, 4.69) is 5.32 Å². The minimum atomic E-state index is -0.0955. The minimum absolute atomic E-state index is 0.0717. The van der Waals surface area contributed by atoms with Gasteiger partial charge in [-0.05, 0) is 42.3 Å². The largest absolute Gasteiger partial charge is 0.497 e. The number of amides is 1. The van der Waals surface area contributed by atoms with Gasteiger partial charge in [0.05, 0.1) is 13.2 Å². The minimum Gasteiger partial charge on any atom is -0.497 e. The number of carbonyl (C=O) groups excluding carboxylic acids is 1. The smallest absolute Gasteiger partial charge is 0.251 e. The van der Waals surface area contributed by atoms with Gasteiger partial charge in [0.15, 0.2) is 0 Å². The van der Waals surface area contributed by atoms with E-state index in [0.29, 0.717) is 12.1 Å². The average molecular weight is 284 g/mol. The number of benzene rings is 2. The number of methoxy groups -OCH3 is 1. The van der Waals surface area contributed by atoms with Crippen LogP contribution in [0, 0.1) is 0 Å². The zero-order valence-electron chi connectivity index (χ0n) is 12.3. The third-order valence-corrected chi connectivity index (χ3v) is 3.42. The first-order chi connectivity index (χ1) is 10.1. The van der Waals surface area contributed by atoms with Crippen molar-refractivity contribution in [3.05, 3.63) is 65.2 Å². The quantitative estimate of drug-likeness (QED) is 0.887. The summed E-state index contributed by atoms with van der Waals surface area (Å²) < 4.78 is 5.12. The summed E-state index contributed by atoms with van der Waals surface area (Å²) in [4.78, 5) is 12.2. The van der Waals surface area contributed by atoms with Gasteiger partial charge in [0.2, 0.25) is 0 Å². The van der Waals surface area contributed by atoms with E-state index in [-0.39, 0.29) is 11.9 Å². The van der Waals surface area contributed by atoms with Gasteiger partial charge >= 0.3 is 0 Å². The highest BCUT2D eigenvalue weighted by Crippen LogP contribution is 2.17. The van der Waals surface area contributed by atoms with Crippen LogP contribution in [0.5, 0.6) is 5.75 Å². The van der Waals surface area contributed by atoms with E-state index in [1.165, 1.54) is 0 Å². The molecule has 0 aromatic heterocycles. The number of ether oxygens (including phenoxy) is 1. The molecule has 0 aliphatic heterocycles. The van der Waals surface area contributed by atoms with Crippen LogP contribution in [0.4, 0.5) is 0 Å². The van der Waals surface area contributed by atoms with Crippen LogP contribution in [-0.2, 0) is 6.54 Å². The third-order valence-electron chi connectivity index (χ3n) is 3.42. The van der Waals surface area contributed by atoms with Crippen LogP contribution < -0.4 is 15.8 Å². The number of hydrogen-bond acceptors (Lipinski definition) is 3. The average Bonchev–Trinajstić information content (AvgIpc) is 2.55. The Morgan fingerprint density at radius 3 is 2.29 bits per heavy atom. The standard InChI is InChI=1S/C17H20N2O2/c1-12(14-7-9-16(21-2)10-8-14)19-17(20)15-5-3-13(11-18)4-6-15/h3-10,12H,11,18H2,1-2H3,(H,19,20). The Bertz CT molecular complexity index is 591. The Hall–Kier alpha value is -2.33. The Kier molecular flexibility index (Phi) is 4.95. The maximum atomic E-state index is 12.2. The molecule has 0 saturated carbocycles. The number of hydrogen-bond donors (Lipinski definition) is 2. The summed E-state index contributed by atoms with van der Waals surface area (Å²) in [6.45, 7) is 2.43. The molecule has 0 aliphatic rings. The maximum Gasteiger partial charge on any atom is 0.251 e. The molecule has 1 unspecified atom stereocenters. The topological polar surface area (TPSA) is 64.3 Å². The summed E-state index contributed by atoms with van der Waals surface area (Å²) in [5.41, 5.74) is 8.22. The molecule has 0 bridgehead atoms. The van der Waals surface area contributed by atoms with E-state index in [0.717, 1.165) is 16.9 Å². The Labute approximate surface area is 124 Å². The first-order valence-electron chi connectivity index (χ1n) is 6.88. The molecule has 3 N–H and O–H groups in total. The first-order valence-corrected chi connectivity index (χ1v) is 6.88. The molecular formula is C17H20N2O2. The highest BCUT2D eigenvalue weighted by atomic mass is 16.5. The van der Waals surface area contributed by atoms with Crippen LogP contribution in [0.3, 0.4) is 0 Å². The molecule has 4 nitrogen and oxygen atoms in total. The Balaban J connectivity index is 2.03. The van der Waals surface area contributed by atoms with E-state index in [1.807, 2.05) is 43.3 Å². The van der Waals surface area contributed by atoms with E-state index >= 15 is 0 Å². The van der Waals surface area contributed by atoms with Gasteiger partial charge in [0.25, 0.3) is 5.91 Å². The second-order valence-electron chi connectivity index (χ2n) is 4.87. The van der Waals surface area contributed by atoms with Crippen molar-refractivity contribution in [2.45, 2.75) is 19.5 Å². The molecule has 0 heterocycles. The molecule has 110 valence electrons. The fourth-order valence-corrected chi connectivity index (χ4v) is 2.05. The lowest BCUT2D eigenvalue weighted by Crippen LogP contribution is -2.26. The van der Waals surface area contributed by atoms with Gasteiger partial charge in [0, 0.05) is 12.1 Å². The van der Waals surface area contributed by atoms with Crippen molar-refractivity contribution >= 4 is 5.91 Å². The molecule has 1 amide bonds. The molecule has 0 fully saturated rings. The van der Waals surface area contributed by atoms with Crippen molar-refractivity contribution in [3.63, 3.8) is 0 Å². The lowest BCUT2D eigenvalue weighted by molar-refractivity contribution is 0.0940. The van der Waals surface area contributed by atoms with Crippen molar-refractivity contribution in [2.24, 2.45) is 5.73 Å². The molecule has 0 spiro atoms. The van der Waals surface area contributed by atoms with E-state index < -0.39 is 0 Å².